The lowest BCUT2D eigenvalue weighted by Crippen LogP contribution is -2.26. The van der Waals surface area contributed by atoms with Gasteiger partial charge >= 0.3 is 5.97 Å². The van der Waals surface area contributed by atoms with E-state index in [4.69, 9.17) is 0 Å². The number of rotatable bonds is 8. The van der Waals surface area contributed by atoms with Crippen molar-refractivity contribution in [2.75, 3.05) is 0 Å². The number of benzene rings is 1. The maximum atomic E-state index is 12.8. The molecule has 0 spiro atoms. The Bertz CT molecular complexity index is 667. The normalized spacial score (nSPS) is 13.9. The van der Waals surface area contributed by atoms with E-state index in [1.165, 1.54) is 0 Å². The highest BCUT2D eigenvalue weighted by Crippen LogP contribution is 2.23. The van der Waals surface area contributed by atoms with Gasteiger partial charge in [-0.3, -0.25) is 14.0 Å². The fraction of sp³-hybridized carbons (Fsp3) is 0.412. The van der Waals surface area contributed by atoms with Gasteiger partial charge in [-0.1, -0.05) is 50.8 Å². The summed E-state index contributed by atoms with van der Waals surface area (Å²) in [5.74, 6) is -0.997. The Kier molecular flexibility index (Phi) is 6.07. The van der Waals surface area contributed by atoms with Crippen molar-refractivity contribution in [1.29, 1.82) is 0 Å². The lowest BCUT2D eigenvalue weighted by molar-refractivity contribution is -0.136. The molecule has 0 aliphatic carbocycles. The zero-order valence-corrected chi connectivity index (χ0v) is 13.5. The van der Waals surface area contributed by atoms with E-state index in [2.05, 4.69) is 11.9 Å². The highest BCUT2D eigenvalue weighted by molar-refractivity contribution is 7.86. The maximum Gasteiger partial charge on any atom is 0.319 e. The molecule has 0 fully saturated rings. The summed E-state index contributed by atoms with van der Waals surface area (Å²) < 4.78 is 12.8. The number of aromatic nitrogens is 1. The first kappa shape index (κ1) is 16.6. The second kappa shape index (κ2) is 8.03. The van der Waals surface area contributed by atoms with Crippen molar-refractivity contribution in [3.8, 4) is 0 Å². The molecular formula is C17H21NO3S. The van der Waals surface area contributed by atoms with Gasteiger partial charge in [-0.15, -0.1) is 0 Å². The molecule has 1 aromatic carbocycles. The van der Waals surface area contributed by atoms with Crippen molar-refractivity contribution in [3.63, 3.8) is 0 Å². The molecule has 1 heterocycles. The Morgan fingerprint density at radius 1 is 1.23 bits per heavy atom. The Hall–Kier alpha value is -1.75. The minimum Gasteiger partial charge on any atom is -0.480 e. The minimum absolute atomic E-state index is 0.436. The van der Waals surface area contributed by atoms with Crippen LogP contribution < -0.4 is 0 Å². The number of aliphatic carboxylic acids is 1. The zero-order valence-electron chi connectivity index (χ0n) is 12.7. The van der Waals surface area contributed by atoms with Crippen LogP contribution in [0.1, 0.15) is 39.0 Å². The van der Waals surface area contributed by atoms with Crippen molar-refractivity contribution in [2.24, 2.45) is 0 Å². The molecule has 4 nitrogen and oxygen atoms in total. The molecule has 0 saturated heterocycles. The van der Waals surface area contributed by atoms with Crippen molar-refractivity contribution in [1.82, 2.24) is 4.98 Å². The molecule has 1 aromatic heterocycles. The first-order chi connectivity index (χ1) is 10.6. The van der Waals surface area contributed by atoms with E-state index in [1.807, 2.05) is 18.2 Å². The number of carboxylic acids is 1. The number of hydrogen-bond acceptors (Lipinski definition) is 3. The number of carboxylic acid groups (broad SMARTS) is 1. The fourth-order valence-corrected chi connectivity index (χ4v) is 3.91. The minimum atomic E-state index is -1.59. The molecule has 2 rings (SSSR count). The van der Waals surface area contributed by atoms with E-state index in [-0.39, 0.29) is 0 Å². The third-order valence-electron chi connectivity index (χ3n) is 3.67. The van der Waals surface area contributed by atoms with Gasteiger partial charge in [-0.05, 0) is 18.6 Å². The van der Waals surface area contributed by atoms with E-state index in [1.54, 1.807) is 18.3 Å². The molecule has 0 amide bonds. The summed E-state index contributed by atoms with van der Waals surface area (Å²) in [5, 5.41) is 9.43. The second-order valence-corrected chi connectivity index (χ2v) is 6.91. The van der Waals surface area contributed by atoms with Crippen LogP contribution in [-0.4, -0.2) is 25.5 Å². The van der Waals surface area contributed by atoms with Gasteiger partial charge in [0.25, 0.3) is 0 Å². The fourth-order valence-electron chi connectivity index (χ4n) is 2.47. The second-order valence-electron chi connectivity index (χ2n) is 5.30. The van der Waals surface area contributed by atoms with Crippen molar-refractivity contribution < 1.29 is 14.1 Å². The van der Waals surface area contributed by atoms with E-state index < -0.39 is 22.0 Å². The number of hydrogen-bond donors (Lipinski definition) is 1. The molecule has 2 unspecified atom stereocenters. The van der Waals surface area contributed by atoms with Crippen LogP contribution in [0, 0.1) is 0 Å². The van der Waals surface area contributed by atoms with E-state index >= 15 is 0 Å². The third-order valence-corrected chi connectivity index (χ3v) is 5.38. The van der Waals surface area contributed by atoms with Crippen molar-refractivity contribution in [2.45, 2.75) is 49.2 Å². The Morgan fingerprint density at radius 3 is 2.73 bits per heavy atom. The van der Waals surface area contributed by atoms with Crippen LogP contribution in [0.2, 0.25) is 0 Å². The highest BCUT2D eigenvalue weighted by Gasteiger charge is 2.26. The number of pyridine rings is 1. The summed E-state index contributed by atoms with van der Waals surface area (Å²) in [4.78, 5) is 16.3. The number of unbranched alkanes of at least 4 members (excludes halogenated alkanes) is 3. The summed E-state index contributed by atoms with van der Waals surface area (Å²) >= 11 is 0. The van der Waals surface area contributed by atoms with E-state index in [0.29, 0.717) is 16.8 Å². The summed E-state index contributed by atoms with van der Waals surface area (Å²) in [6, 6.07) is 9.11. The predicted octanol–water partition coefficient (Wildman–Crippen LogP) is 3.77. The maximum absolute atomic E-state index is 12.8. The molecule has 2 aromatic rings. The molecule has 1 N–H and O–H groups in total. The SMILES string of the molecule is CCCCCCC(C(=O)O)S(=O)c1cccc2cccnc12. The van der Waals surface area contributed by atoms with Crippen LogP contribution in [0.3, 0.4) is 0 Å². The Balaban J connectivity index is 2.24. The number of para-hydroxylation sites is 1. The van der Waals surface area contributed by atoms with Crippen molar-refractivity contribution >= 4 is 27.7 Å². The van der Waals surface area contributed by atoms with Gasteiger partial charge in [0.2, 0.25) is 0 Å². The van der Waals surface area contributed by atoms with E-state index in [9.17, 15) is 14.1 Å². The molecule has 2 atom stereocenters. The Labute approximate surface area is 133 Å². The van der Waals surface area contributed by atoms with Gasteiger partial charge < -0.3 is 5.11 Å². The van der Waals surface area contributed by atoms with Crippen LogP contribution in [0.25, 0.3) is 10.9 Å². The van der Waals surface area contributed by atoms with Crippen molar-refractivity contribution in [3.05, 3.63) is 36.5 Å². The Morgan fingerprint density at radius 2 is 2.00 bits per heavy atom. The van der Waals surface area contributed by atoms with Gasteiger partial charge in [-0.2, -0.15) is 0 Å². The number of carbonyl (C=O) groups is 1. The number of fused-ring (bicyclic) bond motifs is 1. The van der Waals surface area contributed by atoms with Crippen LogP contribution in [0.5, 0.6) is 0 Å². The molecule has 22 heavy (non-hydrogen) atoms. The zero-order chi connectivity index (χ0) is 15.9. The average molecular weight is 319 g/mol. The molecule has 0 radical (unpaired) electrons. The van der Waals surface area contributed by atoms with Crippen LogP contribution in [0.15, 0.2) is 41.4 Å². The lowest BCUT2D eigenvalue weighted by atomic mass is 10.1. The summed E-state index contributed by atoms with van der Waals surface area (Å²) in [6.45, 7) is 2.11. The highest BCUT2D eigenvalue weighted by atomic mass is 32.2. The molecule has 0 aliphatic rings. The van der Waals surface area contributed by atoms with E-state index in [0.717, 1.165) is 31.1 Å². The molecular weight excluding hydrogens is 298 g/mol. The lowest BCUT2D eigenvalue weighted by Gasteiger charge is -2.13. The first-order valence-electron chi connectivity index (χ1n) is 7.62. The van der Waals surface area contributed by atoms with Crippen LogP contribution in [-0.2, 0) is 15.6 Å². The number of nitrogens with zero attached hydrogens (tertiary/aromatic N) is 1. The molecule has 0 saturated carbocycles. The first-order valence-corrected chi connectivity index (χ1v) is 8.83. The summed E-state index contributed by atoms with van der Waals surface area (Å²) in [7, 11) is -1.59. The van der Waals surface area contributed by atoms with Gasteiger partial charge in [0.05, 0.1) is 21.2 Å². The molecule has 0 aliphatic heterocycles. The van der Waals surface area contributed by atoms with Gasteiger partial charge in [0.1, 0.15) is 5.25 Å². The molecule has 118 valence electrons. The summed E-state index contributed by atoms with van der Waals surface area (Å²) in [6.07, 6.45) is 6.01. The van der Waals surface area contributed by atoms with Gasteiger partial charge in [-0.25, -0.2) is 0 Å². The molecule has 0 bridgehead atoms. The third kappa shape index (κ3) is 3.91. The average Bonchev–Trinajstić information content (AvgIpc) is 2.53. The monoisotopic (exact) mass is 319 g/mol. The van der Waals surface area contributed by atoms with Crippen LogP contribution >= 0.6 is 0 Å². The predicted molar refractivity (Wildman–Crippen MR) is 88.3 cm³/mol. The topological polar surface area (TPSA) is 67.3 Å². The smallest absolute Gasteiger partial charge is 0.319 e. The largest absolute Gasteiger partial charge is 0.480 e. The van der Waals surface area contributed by atoms with Crippen LogP contribution in [0.4, 0.5) is 0 Å². The quantitative estimate of drug-likeness (QED) is 0.752. The summed E-state index contributed by atoms with van der Waals surface area (Å²) in [5.41, 5.74) is 0.628. The molecule has 5 heteroatoms. The standard InChI is InChI=1S/C17H21NO3S/c1-2-3-4-5-10-15(17(19)20)22(21)14-11-6-8-13-9-7-12-18-16(13)14/h6-9,11-12,15H,2-5,10H2,1H3,(H,19,20). The van der Waals surface area contributed by atoms with Gasteiger partial charge in [0.15, 0.2) is 0 Å². The van der Waals surface area contributed by atoms with Gasteiger partial charge in [0, 0.05) is 11.6 Å².